The summed E-state index contributed by atoms with van der Waals surface area (Å²) in [5, 5.41) is 3.85. The van der Waals surface area contributed by atoms with Crippen LogP contribution in [0.5, 0.6) is 0 Å². The molecule has 1 aliphatic carbocycles. The number of nitrogens with one attached hydrogen (secondary N) is 1. The van der Waals surface area contributed by atoms with Crippen LogP contribution in [0.3, 0.4) is 0 Å². The molecule has 0 heterocycles. The van der Waals surface area contributed by atoms with E-state index in [1.54, 1.807) is 0 Å². The maximum atomic E-state index is 3.85. The summed E-state index contributed by atoms with van der Waals surface area (Å²) in [7, 11) is 0. The first kappa shape index (κ1) is 16.0. The fourth-order valence-corrected chi connectivity index (χ4v) is 3.36. The average Bonchev–Trinajstić information content (AvgIpc) is 2.63. The van der Waals surface area contributed by atoms with E-state index in [9.17, 15) is 0 Å². The van der Waals surface area contributed by atoms with Crippen LogP contribution in [0.15, 0.2) is 0 Å². The van der Waals surface area contributed by atoms with Crippen molar-refractivity contribution in [3.63, 3.8) is 0 Å². The minimum absolute atomic E-state index is 0.708. The second-order valence-corrected chi connectivity index (χ2v) is 6.46. The SMILES string of the molecule is CCCCCCC(C)N[C@H](C)C1CCCCCC1. The number of unbranched alkanes of at least 4 members (excludes halogenated alkanes) is 3. The van der Waals surface area contributed by atoms with Crippen LogP contribution in [0, 0.1) is 5.92 Å². The number of hydrogen-bond acceptors (Lipinski definition) is 1. The van der Waals surface area contributed by atoms with E-state index in [0.29, 0.717) is 6.04 Å². The van der Waals surface area contributed by atoms with Crippen molar-refractivity contribution in [1.29, 1.82) is 0 Å². The minimum Gasteiger partial charge on any atom is -0.312 e. The van der Waals surface area contributed by atoms with Crippen LogP contribution in [0.25, 0.3) is 0 Å². The first-order chi connectivity index (χ1) is 8.74. The zero-order valence-electron chi connectivity index (χ0n) is 13.0. The highest BCUT2D eigenvalue weighted by molar-refractivity contribution is 4.77. The van der Waals surface area contributed by atoms with Crippen molar-refractivity contribution < 1.29 is 0 Å². The number of hydrogen-bond donors (Lipinski definition) is 1. The van der Waals surface area contributed by atoms with Gasteiger partial charge in [0.2, 0.25) is 0 Å². The Bertz CT molecular complexity index is 182. The van der Waals surface area contributed by atoms with Crippen molar-refractivity contribution in [2.24, 2.45) is 5.92 Å². The summed E-state index contributed by atoms with van der Waals surface area (Å²) in [6, 6.07) is 1.43. The summed E-state index contributed by atoms with van der Waals surface area (Å²) < 4.78 is 0. The zero-order chi connectivity index (χ0) is 13.2. The summed E-state index contributed by atoms with van der Waals surface area (Å²) in [5.74, 6) is 0.936. The molecule has 0 aromatic rings. The Hall–Kier alpha value is -0.0400. The molecule has 2 atom stereocenters. The topological polar surface area (TPSA) is 12.0 Å². The van der Waals surface area contributed by atoms with Gasteiger partial charge in [-0.2, -0.15) is 0 Å². The summed E-state index contributed by atoms with van der Waals surface area (Å²) in [6.07, 6.45) is 15.7. The van der Waals surface area contributed by atoms with E-state index < -0.39 is 0 Å². The lowest BCUT2D eigenvalue weighted by Crippen LogP contribution is -2.39. The monoisotopic (exact) mass is 253 g/mol. The molecular weight excluding hydrogens is 218 g/mol. The van der Waals surface area contributed by atoms with E-state index in [-0.39, 0.29) is 0 Å². The fourth-order valence-electron chi connectivity index (χ4n) is 3.36. The van der Waals surface area contributed by atoms with Gasteiger partial charge in [0.15, 0.2) is 0 Å². The molecule has 0 aromatic carbocycles. The molecule has 1 unspecified atom stereocenters. The Labute approximate surface area is 115 Å². The predicted octanol–water partition coefficient (Wildman–Crippen LogP) is 5.29. The second kappa shape index (κ2) is 9.83. The smallest absolute Gasteiger partial charge is 0.00694 e. The van der Waals surface area contributed by atoms with Crippen LogP contribution in [0.2, 0.25) is 0 Å². The lowest BCUT2D eigenvalue weighted by molar-refractivity contribution is 0.306. The third kappa shape index (κ3) is 6.78. The molecule has 0 aromatic heterocycles. The summed E-state index contributed by atoms with van der Waals surface area (Å²) in [4.78, 5) is 0. The van der Waals surface area contributed by atoms with Gasteiger partial charge in [-0.1, -0.05) is 58.3 Å². The standard InChI is InChI=1S/C17H35N/c1-4-5-6-9-12-15(2)18-16(3)17-13-10-7-8-11-14-17/h15-18H,4-14H2,1-3H3/t15?,16-/m1/s1. The van der Waals surface area contributed by atoms with E-state index in [0.717, 1.165) is 12.0 Å². The maximum Gasteiger partial charge on any atom is 0.00694 e. The lowest BCUT2D eigenvalue weighted by atomic mass is 9.92. The van der Waals surface area contributed by atoms with Crippen molar-refractivity contribution in [1.82, 2.24) is 5.32 Å². The maximum absolute atomic E-state index is 3.85. The number of rotatable bonds is 8. The Morgan fingerprint density at radius 3 is 2.22 bits per heavy atom. The third-order valence-corrected chi connectivity index (χ3v) is 4.65. The molecule has 108 valence electrons. The normalized spacial score (nSPS) is 21.5. The molecule has 0 aliphatic heterocycles. The van der Waals surface area contributed by atoms with Crippen molar-refractivity contribution in [2.45, 2.75) is 103 Å². The summed E-state index contributed by atoms with van der Waals surface area (Å²) in [6.45, 7) is 7.08. The van der Waals surface area contributed by atoms with E-state index in [4.69, 9.17) is 0 Å². The van der Waals surface area contributed by atoms with E-state index in [1.165, 1.54) is 70.6 Å². The van der Waals surface area contributed by atoms with Gasteiger partial charge in [-0.15, -0.1) is 0 Å². The van der Waals surface area contributed by atoms with Crippen LogP contribution in [-0.2, 0) is 0 Å². The van der Waals surface area contributed by atoms with Gasteiger partial charge in [0, 0.05) is 12.1 Å². The van der Waals surface area contributed by atoms with Gasteiger partial charge in [-0.3, -0.25) is 0 Å². The Morgan fingerprint density at radius 1 is 0.944 bits per heavy atom. The molecule has 1 fully saturated rings. The molecule has 0 saturated heterocycles. The van der Waals surface area contributed by atoms with Gasteiger partial charge in [0.1, 0.15) is 0 Å². The Morgan fingerprint density at radius 2 is 1.61 bits per heavy atom. The van der Waals surface area contributed by atoms with E-state index >= 15 is 0 Å². The Balaban J connectivity index is 2.14. The van der Waals surface area contributed by atoms with Crippen LogP contribution in [-0.4, -0.2) is 12.1 Å². The van der Waals surface area contributed by atoms with Crippen LogP contribution in [0.1, 0.15) is 91.4 Å². The molecule has 1 rings (SSSR count). The third-order valence-electron chi connectivity index (χ3n) is 4.65. The highest BCUT2D eigenvalue weighted by Gasteiger charge is 2.19. The minimum atomic E-state index is 0.708. The van der Waals surface area contributed by atoms with Crippen molar-refractivity contribution in [2.75, 3.05) is 0 Å². The highest BCUT2D eigenvalue weighted by Crippen LogP contribution is 2.25. The molecule has 1 aliphatic rings. The first-order valence-electron chi connectivity index (χ1n) is 8.50. The van der Waals surface area contributed by atoms with Gasteiger partial charge in [0.25, 0.3) is 0 Å². The van der Waals surface area contributed by atoms with Crippen LogP contribution < -0.4 is 5.32 Å². The highest BCUT2D eigenvalue weighted by atomic mass is 14.9. The van der Waals surface area contributed by atoms with Gasteiger partial charge in [-0.25, -0.2) is 0 Å². The molecule has 0 amide bonds. The van der Waals surface area contributed by atoms with Gasteiger partial charge in [-0.05, 0) is 39.0 Å². The van der Waals surface area contributed by atoms with Gasteiger partial charge >= 0.3 is 0 Å². The molecule has 0 spiro atoms. The fraction of sp³-hybridized carbons (Fsp3) is 1.00. The van der Waals surface area contributed by atoms with Crippen molar-refractivity contribution in [3.8, 4) is 0 Å². The second-order valence-electron chi connectivity index (χ2n) is 6.46. The van der Waals surface area contributed by atoms with Gasteiger partial charge in [0.05, 0.1) is 0 Å². The molecule has 1 nitrogen and oxygen atoms in total. The van der Waals surface area contributed by atoms with E-state index in [1.807, 2.05) is 0 Å². The molecule has 1 N–H and O–H groups in total. The van der Waals surface area contributed by atoms with Crippen molar-refractivity contribution >= 4 is 0 Å². The molecule has 18 heavy (non-hydrogen) atoms. The molecule has 1 heteroatoms. The average molecular weight is 253 g/mol. The summed E-state index contributed by atoms with van der Waals surface area (Å²) >= 11 is 0. The quantitative estimate of drug-likeness (QED) is 0.457. The van der Waals surface area contributed by atoms with Gasteiger partial charge < -0.3 is 5.32 Å². The molecule has 0 radical (unpaired) electrons. The zero-order valence-corrected chi connectivity index (χ0v) is 13.0. The first-order valence-corrected chi connectivity index (χ1v) is 8.50. The Kier molecular flexibility index (Phi) is 8.75. The molecular formula is C17H35N. The largest absolute Gasteiger partial charge is 0.312 e. The lowest BCUT2D eigenvalue weighted by Gasteiger charge is -2.27. The van der Waals surface area contributed by atoms with Crippen LogP contribution >= 0.6 is 0 Å². The molecule has 1 saturated carbocycles. The van der Waals surface area contributed by atoms with E-state index in [2.05, 4.69) is 26.1 Å². The predicted molar refractivity (Wildman–Crippen MR) is 82.0 cm³/mol. The molecule has 0 bridgehead atoms. The van der Waals surface area contributed by atoms with Crippen molar-refractivity contribution in [3.05, 3.63) is 0 Å². The van der Waals surface area contributed by atoms with Crippen LogP contribution in [0.4, 0.5) is 0 Å². The summed E-state index contributed by atoms with van der Waals surface area (Å²) in [5.41, 5.74) is 0.